The van der Waals surface area contributed by atoms with Crippen LogP contribution in [0, 0.1) is 5.82 Å². The van der Waals surface area contributed by atoms with Gasteiger partial charge < -0.3 is 10.5 Å². The van der Waals surface area contributed by atoms with Crippen LogP contribution in [0.15, 0.2) is 36.4 Å². The van der Waals surface area contributed by atoms with Crippen LogP contribution < -0.4 is 10.5 Å². The van der Waals surface area contributed by atoms with Crippen molar-refractivity contribution in [3.05, 3.63) is 58.9 Å². The Labute approximate surface area is 124 Å². The molecule has 0 saturated carbocycles. The number of anilines is 1. The smallest absolute Gasteiger partial charge is 0.131 e. The van der Waals surface area contributed by atoms with E-state index in [1.807, 2.05) is 12.1 Å². The third-order valence-corrected chi connectivity index (χ3v) is 3.98. The largest absolute Gasteiger partial charge is 0.497 e. The zero-order valence-electron chi connectivity index (χ0n) is 12.1. The second-order valence-electron chi connectivity index (χ2n) is 5.45. The summed E-state index contributed by atoms with van der Waals surface area (Å²) in [6.07, 6.45) is 0.980. The number of nitrogen functional groups attached to an aromatic ring is 1. The Morgan fingerprint density at radius 3 is 2.81 bits per heavy atom. The van der Waals surface area contributed by atoms with Gasteiger partial charge in [0.25, 0.3) is 0 Å². The molecule has 1 aliphatic heterocycles. The maximum Gasteiger partial charge on any atom is 0.131 e. The highest BCUT2D eigenvalue weighted by molar-refractivity contribution is 5.45. The van der Waals surface area contributed by atoms with Crippen molar-refractivity contribution in [2.24, 2.45) is 0 Å². The third kappa shape index (κ3) is 3.00. The van der Waals surface area contributed by atoms with E-state index in [-0.39, 0.29) is 5.82 Å². The Morgan fingerprint density at radius 2 is 2.05 bits per heavy atom. The highest BCUT2D eigenvalue weighted by Gasteiger charge is 2.17. The van der Waals surface area contributed by atoms with E-state index in [2.05, 4.69) is 11.0 Å². The van der Waals surface area contributed by atoms with Crippen LogP contribution in [0.5, 0.6) is 5.75 Å². The summed E-state index contributed by atoms with van der Waals surface area (Å²) in [4.78, 5) is 2.24. The zero-order chi connectivity index (χ0) is 14.8. The van der Waals surface area contributed by atoms with Crippen LogP contribution in [-0.2, 0) is 19.5 Å². The first-order valence-corrected chi connectivity index (χ1v) is 7.08. The SMILES string of the molecule is COc1ccc(CN2CCc3ccc(N)cc3C2)c(F)c1. The molecule has 0 bridgehead atoms. The van der Waals surface area contributed by atoms with Crippen molar-refractivity contribution in [2.45, 2.75) is 19.5 Å². The molecular weight excluding hydrogens is 267 g/mol. The molecule has 0 saturated heterocycles. The van der Waals surface area contributed by atoms with Gasteiger partial charge in [0.15, 0.2) is 0 Å². The minimum absolute atomic E-state index is 0.215. The predicted molar refractivity (Wildman–Crippen MR) is 81.6 cm³/mol. The summed E-state index contributed by atoms with van der Waals surface area (Å²) < 4.78 is 19.1. The van der Waals surface area contributed by atoms with E-state index in [1.54, 1.807) is 19.2 Å². The number of nitrogens with two attached hydrogens (primary N) is 1. The van der Waals surface area contributed by atoms with E-state index >= 15 is 0 Å². The molecule has 2 aromatic carbocycles. The highest BCUT2D eigenvalue weighted by atomic mass is 19.1. The zero-order valence-corrected chi connectivity index (χ0v) is 12.1. The first kappa shape index (κ1) is 13.9. The molecule has 110 valence electrons. The number of rotatable bonds is 3. The van der Waals surface area contributed by atoms with Crippen LogP contribution in [-0.4, -0.2) is 18.6 Å². The number of hydrogen-bond donors (Lipinski definition) is 1. The molecule has 0 aromatic heterocycles. The Kier molecular flexibility index (Phi) is 3.80. The number of benzene rings is 2. The molecule has 2 N–H and O–H groups in total. The fraction of sp³-hybridized carbons (Fsp3) is 0.294. The highest BCUT2D eigenvalue weighted by Crippen LogP contribution is 2.24. The lowest BCUT2D eigenvalue weighted by molar-refractivity contribution is 0.242. The molecule has 0 spiro atoms. The van der Waals surface area contributed by atoms with E-state index in [0.29, 0.717) is 17.9 Å². The summed E-state index contributed by atoms with van der Waals surface area (Å²) in [5.41, 5.74) is 9.91. The van der Waals surface area contributed by atoms with Gasteiger partial charge in [0, 0.05) is 37.0 Å². The summed E-state index contributed by atoms with van der Waals surface area (Å²) in [7, 11) is 1.54. The molecule has 0 atom stereocenters. The Morgan fingerprint density at radius 1 is 1.19 bits per heavy atom. The summed E-state index contributed by atoms with van der Waals surface area (Å²) >= 11 is 0. The van der Waals surface area contributed by atoms with Crippen molar-refractivity contribution in [3.63, 3.8) is 0 Å². The molecule has 2 aromatic rings. The standard InChI is InChI=1S/C17H19FN2O/c1-21-16-5-3-13(17(18)9-16)10-20-7-6-12-2-4-15(19)8-14(12)11-20/h2-5,8-9H,6-7,10-11,19H2,1H3. The van der Waals surface area contributed by atoms with Gasteiger partial charge in [-0.2, -0.15) is 0 Å². The van der Waals surface area contributed by atoms with Crippen LogP contribution in [0.4, 0.5) is 10.1 Å². The molecule has 0 aliphatic carbocycles. The van der Waals surface area contributed by atoms with Gasteiger partial charge in [-0.1, -0.05) is 12.1 Å². The van der Waals surface area contributed by atoms with Crippen LogP contribution in [0.2, 0.25) is 0 Å². The molecule has 0 amide bonds. The Balaban J connectivity index is 1.75. The number of fused-ring (bicyclic) bond motifs is 1. The van der Waals surface area contributed by atoms with Crippen LogP contribution in [0.3, 0.4) is 0 Å². The number of halogens is 1. The van der Waals surface area contributed by atoms with Gasteiger partial charge in [0.1, 0.15) is 11.6 Å². The molecule has 21 heavy (non-hydrogen) atoms. The quantitative estimate of drug-likeness (QED) is 0.882. The van der Waals surface area contributed by atoms with Crippen molar-refractivity contribution in [1.29, 1.82) is 0 Å². The van der Waals surface area contributed by atoms with Crippen molar-refractivity contribution >= 4 is 5.69 Å². The van der Waals surface area contributed by atoms with Gasteiger partial charge in [-0.05, 0) is 35.7 Å². The van der Waals surface area contributed by atoms with Crippen LogP contribution >= 0.6 is 0 Å². The van der Waals surface area contributed by atoms with Gasteiger partial charge in [0.2, 0.25) is 0 Å². The average molecular weight is 286 g/mol. The molecule has 4 heteroatoms. The first-order chi connectivity index (χ1) is 10.2. The molecular formula is C17H19FN2O. The molecule has 1 aliphatic rings. The predicted octanol–water partition coefficient (Wildman–Crippen LogP) is 2.97. The van der Waals surface area contributed by atoms with Crippen molar-refractivity contribution in [1.82, 2.24) is 4.90 Å². The van der Waals surface area contributed by atoms with Gasteiger partial charge in [-0.25, -0.2) is 4.39 Å². The first-order valence-electron chi connectivity index (χ1n) is 7.08. The molecule has 0 fully saturated rings. The monoisotopic (exact) mass is 286 g/mol. The average Bonchev–Trinajstić information content (AvgIpc) is 2.49. The number of ether oxygens (including phenoxy) is 1. The Hall–Kier alpha value is -2.07. The summed E-state index contributed by atoms with van der Waals surface area (Å²) in [5, 5.41) is 0. The summed E-state index contributed by atoms with van der Waals surface area (Å²) in [6, 6.07) is 11.1. The minimum Gasteiger partial charge on any atom is -0.497 e. The molecule has 3 nitrogen and oxygen atoms in total. The molecule has 0 radical (unpaired) electrons. The van der Waals surface area contributed by atoms with Gasteiger partial charge in [-0.15, -0.1) is 0 Å². The molecule has 0 unspecified atom stereocenters. The van der Waals surface area contributed by atoms with Crippen LogP contribution in [0.25, 0.3) is 0 Å². The fourth-order valence-corrected chi connectivity index (χ4v) is 2.79. The minimum atomic E-state index is -0.215. The topological polar surface area (TPSA) is 38.5 Å². The van der Waals surface area contributed by atoms with E-state index in [1.165, 1.54) is 17.2 Å². The van der Waals surface area contributed by atoms with Gasteiger partial charge in [-0.3, -0.25) is 4.90 Å². The lowest BCUT2D eigenvalue weighted by Crippen LogP contribution is -2.30. The second-order valence-corrected chi connectivity index (χ2v) is 5.45. The normalized spacial score (nSPS) is 14.8. The lowest BCUT2D eigenvalue weighted by atomic mass is 9.98. The lowest BCUT2D eigenvalue weighted by Gasteiger charge is -2.29. The van der Waals surface area contributed by atoms with E-state index in [4.69, 9.17) is 10.5 Å². The van der Waals surface area contributed by atoms with Crippen molar-refractivity contribution < 1.29 is 9.13 Å². The number of methoxy groups -OCH3 is 1. The number of nitrogens with zero attached hydrogens (tertiary/aromatic N) is 1. The maximum atomic E-state index is 14.0. The van der Waals surface area contributed by atoms with Crippen molar-refractivity contribution in [2.75, 3.05) is 19.4 Å². The summed E-state index contributed by atoms with van der Waals surface area (Å²) in [5.74, 6) is 0.334. The second kappa shape index (κ2) is 5.74. The maximum absolute atomic E-state index is 14.0. The van der Waals surface area contributed by atoms with Gasteiger partial charge in [0.05, 0.1) is 7.11 Å². The van der Waals surface area contributed by atoms with Gasteiger partial charge >= 0.3 is 0 Å². The fourth-order valence-electron chi connectivity index (χ4n) is 2.79. The van der Waals surface area contributed by atoms with E-state index in [9.17, 15) is 4.39 Å². The van der Waals surface area contributed by atoms with Crippen LogP contribution in [0.1, 0.15) is 16.7 Å². The molecule has 3 rings (SSSR count). The van der Waals surface area contributed by atoms with E-state index in [0.717, 1.165) is 25.2 Å². The third-order valence-electron chi connectivity index (χ3n) is 3.98. The van der Waals surface area contributed by atoms with E-state index < -0.39 is 0 Å². The Bertz CT molecular complexity index is 657. The summed E-state index contributed by atoms with van der Waals surface area (Å²) in [6.45, 7) is 2.35. The molecule has 1 heterocycles. The van der Waals surface area contributed by atoms with Crippen molar-refractivity contribution in [3.8, 4) is 5.75 Å². The number of hydrogen-bond acceptors (Lipinski definition) is 3.